The summed E-state index contributed by atoms with van der Waals surface area (Å²) in [5.74, 6) is -1.16. The molecule has 0 heterocycles. The maximum atomic E-state index is 11.3. The molecule has 0 spiro atoms. The number of carbonyl (C=O) groups excluding carboxylic acids is 2. The zero-order valence-electron chi connectivity index (χ0n) is 10.6. The lowest BCUT2D eigenvalue weighted by molar-refractivity contribution is 0.0992. The molecular weight excluding hydrogens is 253 g/mol. The van der Waals surface area contributed by atoms with E-state index in [2.05, 4.69) is 0 Å². The molecule has 0 bridgehead atoms. The zero-order chi connectivity index (χ0) is 14.9. The first-order valence-corrected chi connectivity index (χ1v) is 5.79. The molecule has 0 atom stereocenters. The molecule has 2 amide bonds. The number of nitrogens with two attached hydrogens (primary N) is 3. The van der Waals surface area contributed by atoms with Crippen LogP contribution in [0.25, 0.3) is 11.1 Å². The molecule has 2 rings (SSSR count). The van der Waals surface area contributed by atoms with Crippen LogP contribution in [0, 0.1) is 0 Å². The van der Waals surface area contributed by atoms with Gasteiger partial charge in [-0.1, -0.05) is 23.7 Å². The predicted molar refractivity (Wildman–Crippen MR) is 78.7 cm³/mol. The Kier molecular flexibility index (Phi) is 3.48. The van der Waals surface area contributed by atoms with Gasteiger partial charge in [0.2, 0.25) is 5.91 Å². The number of nitrogen functional groups attached to an aromatic ring is 1. The Balaban J connectivity index is 2.52. The van der Waals surface area contributed by atoms with Crippen molar-refractivity contribution in [2.24, 2.45) is 11.5 Å². The van der Waals surface area contributed by atoms with Gasteiger partial charge in [0.1, 0.15) is 7.85 Å². The van der Waals surface area contributed by atoms with E-state index < -0.39 is 11.8 Å². The highest BCUT2D eigenvalue weighted by atomic mass is 16.1. The molecule has 0 fully saturated rings. The molecule has 0 aliphatic heterocycles. The van der Waals surface area contributed by atoms with Crippen LogP contribution in [0.15, 0.2) is 36.4 Å². The first-order chi connectivity index (χ1) is 9.40. The van der Waals surface area contributed by atoms with Crippen molar-refractivity contribution in [3.8, 4) is 11.1 Å². The van der Waals surface area contributed by atoms with Crippen molar-refractivity contribution >= 4 is 30.8 Å². The Morgan fingerprint density at radius 3 is 2.00 bits per heavy atom. The lowest BCUT2D eigenvalue weighted by atomic mass is 9.87. The van der Waals surface area contributed by atoms with Gasteiger partial charge in [0, 0.05) is 11.3 Å². The minimum absolute atomic E-state index is 0.162. The lowest BCUT2D eigenvalue weighted by Gasteiger charge is -2.10. The van der Waals surface area contributed by atoms with E-state index in [-0.39, 0.29) is 16.7 Å². The van der Waals surface area contributed by atoms with Gasteiger partial charge in [-0.2, -0.15) is 0 Å². The molecule has 6 N–H and O–H groups in total. The van der Waals surface area contributed by atoms with E-state index in [9.17, 15) is 9.59 Å². The van der Waals surface area contributed by atoms with Crippen LogP contribution in [-0.2, 0) is 0 Å². The van der Waals surface area contributed by atoms with Gasteiger partial charge in [0.05, 0.1) is 5.56 Å². The van der Waals surface area contributed by atoms with Crippen LogP contribution in [0.3, 0.4) is 0 Å². The van der Waals surface area contributed by atoms with Crippen LogP contribution < -0.4 is 22.7 Å². The third-order valence-corrected chi connectivity index (χ3v) is 2.98. The average Bonchev–Trinajstić information content (AvgIpc) is 2.41. The largest absolute Gasteiger partial charge is 0.399 e. The summed E-state index contributed by atoms with van der Waals surface area (Å²) >= 11 is 0. The van der Waals surface area contributed by atoms with E-state index in [4.69, 9.17) is 25.0 Å². The van der Waals surface area contributed by atoms with Crippen LogP contribution in [0.2, 0.25) is 0 Å². The van der Waals surface area contributed by atoms with Gasteiger partial charge < -0.3 is 17.2 Å². The zero-order valence-corrected chi connectivity index (χ0v) is 10.6. The van der Waals surface area contributed by atoms with Gasteiger partial charge >= 0.3 is 0 Å². The molecular formula is C14H12BN3O2. The van der Waals surface area contributed by atoms with Gasteiger partial charge in [0.25, 0.3) is 5.91 Å². The number of anilines is 1. The Bertz CT molecular complexity index is 696. The van der Waals surface area contributed by atoms with Gasteiger partial charge in [-0.05, 0) is 29.3 Å². The van der Waals surface area contributed by atoms with Crippen molar-refractivity contribution in [3.63, 3.8) is 0 Å². The van der Waals surface area contributed by atoms with Crippen molar-refractivity contribution in [3.05, 3.63) is 47.5 Å². The molecule has 0 aliphatic carbocycles. The van der Waals surface area contributed by atoms with Crippen LogP contribution in [-0.4, -0.2) is 19.7 Å². The molecule has 20 heavy (non-hydrogen) atoms. The number of hydrogen-bond donors (Lipinski definition) is 3. The van der Waals surface area contributed by atoms with Gasteiger partial charge in [0.15, 0.2) is 0 Å². The highest BCUT2D eigenvalue weighted by molar-refractivity contribution is 6.37. The molecule has 2 aromatic carbocycles. The molecule has 6 heteroatoms. The fourth-order valence-corrected chi connectivity index (χ4v) is 1.87. The molecule has 0 aromatic heterocycles. The second-order valence-electron chi connectivity index (χ2n) is 4.33. The third kappa shape index (κ3) is 2.49. The van der Waals surface area contributed by atoms with E-state index in [1.807, 2.05) is 0 Å². The van der Waals surface area contributed by atoms with Crippen molar-refractivity contribution in [2.75, 3.05) is 5.73 Å². The van der Waals surface area contributed by atoms with Crippen molar-refractivity contribution < 1.29 is 9.59 Å². The van der Waals surface area contributed by atoms with Crippen LogP contribution >= 0.6 is 0 Å². The van der Waals surface area contributed by atoms with E-state index in [1.165, 1.54) is 0 Å². The Morgan fingerprint density at radius 2 is 1.50 bits per heavy atom. The highest BCUT2D eigenvalue weighted by Gasteiger charge is 2.11. The molecule has 0 saturated heterocycles. The summed E-state index contributed by atoms with van der Waals surface area (Å²) in [5, 5.41) is 0. The normalized spacial score (nSPS) is 10.2. The standard InChI is InChI=1S/C14H12BN3O2/c15-11-6-9(5-10(12(11)16)14(18)20)7-1-3-8(4-2-7)13(17)19/h1-6H,16H2,(H2,17,19)(H2,18,20). The van der Waals surface area contributed by atoms with Crippen LogP contribution in [0.5, 0.6) is 0 Å². The average molecular weight is 265 g/mol. The maximum Gasteiger partial charge on any atom is 0.250 e. The number of benzene rings is 2. The summed E-state index contributed by atoms with van der Waals surface area (Å²) in [6.45, 7) is 0. The second-order valence-corrected chi connectivity index (χ2v) is 4.33. The first kappa shape index (κ1) is 13.7. The summed E-state index contributed by atoms with van der Waals surface area (Å²) in [5.41, 5.74) is 18.6. The summed E-state index contributed by atoms with van der Waals surface area (Å²) in [6, 6.07) is 9.79. The quantitative estimate of drug-likeness (QED) is 0.533. The first-order valence-electron chi connectivity index (χ1n) is 5.79. The number of carbonyl (C=O) groups is 2. The Labute approximate surface area is 117 Å². The summed E-state index contributed by atoms with van der Waals surface area (Å²) in [6.07, 6.45) is 0. The minimum atomic E-state index is -0.648. The number of primary amides is 2. The lowest BCUT2D eigenvalue weighted by Crippen LogP contribution is -2.20. The third-order valence-electron chi connectivity index (χ3n) is 2.98. The molecule has 5 nitrogen and oxygen atoms in total. The fourth-order valence-electron chi connectivity index (χ4n) is 1.87. The van der Waals surface area contributed by atoms with E-state index in [1.54, 1.807) is 36.4 Å². The Hall–Kier alpha value is -2.76. The smallest absolute Gasteiger partial charge is 0.250 e. The SMILES string of the molecule is [B]c1cc(-c2ccc(C(N)=O)cc2)cc(C(N)=O)c1N. The maximum absolute atomic E-state index is 11.3. The summed E-state index contributed by atoms with van der Waals surface area (Å²) in [7, 11) is 5.77. The van der Waals surface area contributed by atoms with Gasteiger partial charge in [-0.15, -0.1) is 0 Å². The molecule has 0 saturated carbocycles. The number of amides is 2. The van der Waals surface area contributed by atoms with Crippen molar-refractivity contribution in [1.29, 1.82) is 0 Å². The van der Waals surface area contributed by atoms with E-state index >= 15 is 0 Å². The summed E-state index contributed by atoms with van der Waals surface area (Å²) < 4.78 is 0. The number of rotatable bonds is 3. The molecule has 2 aromatic rings. The van der Waals surface area contributed by atoms with Crippen molar-refractivity contribution in [1.82, 2.24) is 0 Å². The second kappa shape index (κ2) is 5.09. The monoisotopic (exact) mass is 265 g/mol. The fraction of sp³-hybridized carbons (Fsp3) is 0. The highest BCUT2D eigenvalue weighted by Crippen LogP contribution is 2.22. The van der Waals surface area contributed by atoms with E-state index in [0.717, 1.165) is 5.56 Å². The predicted octanol–water partition coefficient (Wildman–Crippen LogP) is -0.0726. The number of hydrogen-bond acceptors (Lipinski definition) is 3. The minimum Gasteiger partial charge on any atom is -0.399 e. The van der Waals surface area contributed by atoms with Crippen molar-refractivity contribution in [2.45, 2.75) is 0 Å². The van der Waals surface area contributed by atoms with Gasteiger partial charge in [-0.3, -0.25) is 9.59 Å². The topological polar surface area (TPSA) is 112 Å². The van der Waals surface area contributed by atoms with Crippen LogP contribution in [0.4, 0.5) is 5.69 Å². The molecule has 98 valence electrons. The molecule has 0 unspecified atom stereocenters. The molecule has 0 aliphatic rings. The van der Waals surface area contributed by atoms with Crippen LogP contribution in [0.1, 0.15) is 20.7 Å². The molecule has 2 radical (unpaired) electrons. The van der Waals surface area contributed by atoms with E-state index in [0.29, 0.717) is 11.1 Å². The van der Waals surface area contributed by atoms with Gasteiger partial charge in [-0.25, -0.2) is 0 Å². The Morgan fingerprint density at radius 1 is 0.900 bits per heavy atom. The summed E-state index contributed by atoms with van der Waals surface area (Å²) in [4.78, 5) is 22.3.